The summed E-state index contributed by atoms with van der Waals surface area (Å²) >= 11 is 0. The Hall–Kier alpha value is -1.44. The van der Waals surface area contributed by atoms with Crippen LogP contribution in [0, 0.1) is 12.8 Å². The molecule has 1 heterocycles. The highest BCUT2D eigenvalue weighted by Gasteiger charge is 2.17. The molecule has 2 heteroatoms. The summed E-state index contributed by atoms with van der Waals surface area (Å²) < 4.78 is 0. The van der Waals surface area contributed by atoms with E-state index in [1.165, 1.54) is 12.8 Å². The van der Waals surface area contributed by atoms with Crippen molar-refractivity contribution < 1.29 is 4.79 Å². The monoisotopic (exact) mass is 187 g/mol. The molecule has 1 aromatic heterocycles. The van der Waals surface area contributed by atoms with Crippen LogP contribution in [0.15, 0.2) is 30.5 Å². The summed E-state index contributed by atoms with van der Waals surface area (Å²) in [5, 5.41) is 0. The van der Waals surface area contributed by atoms with E-state index >= 15 is 0 Å². The summed E-state index contributed by atoms with van der Waals surface area (Å²) in [5.41, 5.74) is 1.62. The van der Waals surface area contributed by atoms with Gasteiger partial charge < -0.3 is 0 Å². The molecule has 0 bridgehead atoms. The van der Waals surface area contributed by atoms with Crippen molar-refractivity contribution >= 4 is 5.78 Å². The molecule has 1 aromatic rings. The zero-order valence-corrected chi connectivity index (χ0v) is 8.23. The molecule has 0 aromatic carbocycles. The number of carbonyl (C=O) groups excluding carboxylic acids is 1. The van der Waals surface area contributed by atoms with E-state index in [4.69, 9.17) is 0 Å². The predicted molar refractivity (Wildman–Crippen MR) is 55.2 cm³/mol. The summed E-state index contributed by atoms with van der Waals surface area (Å²) in [5.74, 6) is 0.740. The molecule has 0 atom stereocenters. The van der Waals surface area contributed by atoms with E-state index < -0.39 is 0 Å². The zero-order valence-electron chi connectivity index (χ0n) is 8.23. The van der Waals surface area contributed by atoms with E-state index in [1.807, 2.05) is 19.1 Å². The molecule has 0 spiro atoms. The van der Waals surface area contributed by atoms with E-state index in [-0.39, 0.29) is 5.78 Å². The number of aryl methyl sites for hydroxylation is 1. The maximum Gasteiger partial charge on any atom is 0.185 e. The number of allylic oxidation sites excluding steroid dienone is 2. The lowest BCUT2D eigenvalue weighted by Crippen LogP contribution is -1.95. The Labute approximate surface area is 83.7 Å². The third kappa shape index (κ3) is 2.28. The first-order valence-electron chi connectivity index (χ1n) is 4.91. The molecule has 14 heavy (non-hydrogen) atoms. The van der Waals surface area contributed by atoms with E-state index in [9.17, 15) is 4.79 Å². The Morgan fingerprint density at radius 2 is 2.36 bits per heavy atom. The van der Waals surface area contributed by atoms with Crippen molar-refractivity contribution in [3.05, 3.63) is 41.7 Å². The van der Waals surface area contributed by atoms with Crippen molar-refractivity contribution in [2.24, 2.45) is 5.92 Å². The van der Waals surface area contributed by atoms with Crippen molar-refractivity contribution in [2.75, 3.05) is 0 Å². The lowest BCUT2D eigenvalue weighted by molar-refractivity contribution is 0.104. The molecule has 1 aliphatic carbocycles. The number of rotatable bonds is 3. The van der Waals surface area contributed by atoms with Gasteiger partial charge in [-0.3, -0.25) is 9.78 Å². The van der Waals surface area contributed by atoms with Gasteiger partial charge in [-0.25, -0.2) is 0 Å². The van der Waals surface area contributed by atoms with Crippen molar-refractivity contribution in [1.29, 1.82) is 0 Å². The average molecular weight is 187 g/mol. The van der Waals surface area contributed by atoms with Gasteiger partial charge in [0.1, 0.15) is 0 Å². The first-order valence-corrected chi connectivity index (χ1v) is 4.91. The molecule has 1 fully saturated rings. The molecule has 2 rings (SSSR count). The number of nitrogens with zero attached hydrogens (tertiary/aromatic N) is 1. The zero-order chi connectivity index (χ0) is 9.97. The van der Waals surface area contributed by atoms with Gasteiger partial charge in [0, 0.05) is 17.5 Å². The van der Waals surface area contributed by atoms with Gasteiger partial charge in [-0.15, -0.1) is 0 Å². The van der Waals surface area contributed by atoms with Crippen LogP contribution in [-0.2, 0) is 0 Å². The van der Waals surface area contributed by atoms with Gasteiger partial charge in [-0.05, 0) is 43.9 Å². The predicted octanol–water partition coefficient (Wildman–Crippen LogP) is 2.54. The second kappa shape index (κ2) is 3.74. The van der Waals surface area contributed by atoms with Gasteiger partial charge in [0.15, 0.2) is 5.78 Å². The Kier molecular flexibility index (Phi) is 2.44. The quantitative estimate of drug-likeness (QED) is 0.537. The first kappa shape index (κ1) is 9.13. The third-order valence-electron chi connectivity index (χ3n) is 2.32. The van der Waals surface area contributed by atoms with Gasteiger partial charge >= 0.3 is 0 Å². The van der Waals surface area contributed by atoms with Crippen LogP contribution in [0.3, 0.4) is 0 Å². The summed E-state index contributed by atoms with van der Waals surface area (Å²) in [6.45, 7) is 1.89. The molecule has 1 saturated carbocycles. The van der Waals surface area contributed by atoms with Crippen LogP contribution < -0.4 is 0 Å². The van der Waals surface area contributed by atoms with Gasteiger partial charge in [-0.2, -0.15) is 0 Å². The fourth-order valence-corrected chi connectivity index (χ4v) is 1.31. The number of hydrogen-bond donors (Lipinski definition) is 0. The van der Waals surface area contributed by atoms with Gasteiger partial charge in [0.05, 0.1) is 0 Å². The summed E-state index contributed by atoms with van der Waals surface area (Å²) in [7, 11) is 0. The second-order valence-corrected chi connectivity index (χ2v) is 3.75. The van der Waals surface area contributed by atoms with Gasteiger partial charge in [0.2, 0.25) is 0 Å². The first-order chi connectivity index (χ1) is 6.75. The normalized spacial score (nSPS) is 16.1. The number of hydrogen-bond acceptors (Lipinski definition) is 2. The summed E-state index contributed by atoms with van der Waals surface area (Å²) in [6.07, 6.45) is 7.84. The Morgan fingerprint density at radius 3 is 3.00 bits per heavy atom. The van der Waals surface area contributed by atoms with Crippen molar-refractivity contribution in [3.8, 4) is 0 Å². The van der Waals surface area contributed by atoms with Crippen LogP contribution >= 0.6 is 0 Å². The molecule has 0 unspecified atom stereocenters. The van der Waals surface area contributed by atoms with Crippen LogP contribution in [0.2, 0.25) is 0 Å². The summed E-state index contributed by atoms with van der Waals surface area (Å²) in [6, 6.07) is 3.58. The highest BCUT2D eigenvalue weighted by atomic mass is 16.1. The van der Waals surface area contributed by atoms with Crippen molar-refractivity contribution in [3.63, 3.8) is 0 Å². The maximum absolute atomic E-state index is 11.6. The van der Waals surface area contributed by atoms with Crippen LogP contribution in [-0.4, -0.2) is 10.8 Å². The van der Waals surface area contributed by atoms with Crippen molar-refractivity contribution in [1.82, 2.24) is 4.98 Å². The molecule has 0 N–H and O–H groups in total. The average Bonchev–Trinajstić information content (AvgIpc) is 2.97. The van der Waals surface area contributed by atoms with Crippen LogP contribution in [0.4, 0.5) is 0 Å². The number of pyridine rings is 1. The third-order valence-corrected chi connectivity index (χ3v) is 2.32. The Balaban J connectivity index is 2.09. The van der Waals surface area contributed by atoms with Gasteiger partial charge in [-0.1, -0.05) is 6.08 Å². The number of carbonyl (C=O) groups is 1. The minimum atomic E-state index is 0.0856. The minimum absolute atomic E-state index is 0.0856. The van der Waals surface area contributed by atoms with E-state index in [0.29, 0.717) is 5.92 Å². The standard InChI is InChI=1S/C12H13NO/c1-9-8-11(6-7-13-9)12(14)5-4-10-2-3-10/h4-8,10H,2-3H2,1H3/b5-4+. The van der Waals surface area contributed by atoms with E-state index in [1.54, 1.807) is 18.3 Å². The molecular weight excluding hydrogens is 174 g/mol. The molecule has 1 aliphatic rings. The fraction of sp³-hybridized carbons (Fsp3) is 0.333. The lowest BCUT2D eigenvalue weighted by atomic mass is 10.1. The number of aromatic nitrogens is 1. The Morgan fingerprint density at radius 1 is 1.57 bits per heavy atom. The highest BCUT2D eigenvalue weighted by Crippen LogP contribution is 2.30. The molecule has 72 valence electrons. The van der Waals surface area contributed by atoms with Gasteiger partial charge in [0.25, 0.3) is 0 Å². The SMILES string of the molecule is Cc1cc(C(=O)/C=C/C2CC2)ccn1. The second-order valence-electron chi connectivity index (χ2n) is 3.75. The largest absolute Gasteiger partial charge is 0.289 e. The molecule has 0 saturated heterocycles. The van der Waals surface area contributed by atoms with E-state index in [0.717, 1.165) is 11.3 Å². The maximum atomic E-state index is 11.6. The smallest absolute Gasteiger partial charge is 0.185 e. The number of ketones is 1. The van der Waals surface area contributed by atoms with Crippen LogP contribution in [0.25, 0.3) is 0 Å². The van der Waals surface area contributed by atoms with Crippen LogP contribution in [0.5, 0.6) is 0 Å². The lowest BCUT2D eigenvalue weighted by Gasteiger charge is -1.96. The molecule has 2 nitrogen and oxygen atoms in total. The minimum Gasteiger partial charge on any atom is -0.289 e. The van der Waals surface area contributed by atoms with Crippen molar-refractivity contribution in [2.45, 2.75) is 19.8 Å². The highest BCUT2D eigenvalue weighted by molar-refractivity contribution is 6.04. The molecular formula is C12H13NO. The summed E-state index contributed by atoms with van der Waals surface area (Å²) in [4.78, 5) is 15.7. The topological polar surface area (TPSA) is 30.0 Å². The van der Waals surface area contributed by atoms with E-state index in [2.05, 4.69) is 4.98 Å². The Bertz CT molecular complexity index is 378. The molecule has 0 aliphatic heterocycles. The molecule has 0 radical (unpaired) electrons. The fourth-order valence-electron chi connectivity index (χ4n) is 1.31. The molecule has 0 amide bonds. The van der Waals surface area contributed by atoms with Crippen LogP contribution in [0.1, 0.15) is 28.9 Å².